The molecule has 0 spiro atoms. The summed E-state index contributed by atoms with van der Waals surface area (Å²) >= 11 is 3.45. The lowest BCUT2D eigenvalue weighted by Crippen LogP contribution is -2.34. The third-order valence-electron chi connectivity index (χ3n) is 3.70. The number of halogens is 1. The summed E-state index contributed by atoms with van der Waals surface area (Å²) in [6, 6.07) is 0.521. The predicted octanol–water partition coefficient (Wildman–Crippen LogP) is 1.61. The average molecular weight is 325 g/mol. The second-order valence-electron chi connectivity index (χ2n) is 4.99. The Bertz CT molecular complexity index is 540. The smallest absolute Gasteiger partial charge is 0.0738 e. The third kappa shape index (κ3) is 2.87. The summed E-state index contributed by atoms with van der Waals surface area (Å²) in [6.45, 7) is 3.11. The first-order valence-electron chi connectivity index (χ1n) is 6.48. The molecule has 6 nitrogen and oxygen atoms in total. The highest BCUT2D eigenvalue weighted by Crippen LogP contribution is 2.24. The molecule has 0 aromatic carbocycles. The molecule has 1 aliphatic heterocycles. The van der Waals surface area contributed by atoms with Crippen LogP contribution >= 0.6 is 15.9 Å². The van der Waals surface area contributed by atoms with Crippen molar-refractivity contribution in [1.29, 1.82) is 0 Å². The van der Waals surface area contributed by atoms with Crippen LogP contribution in [0.25, 0.3) is 0 Å². The summed E-state index contributed by atoms with van der Waals surface area (Å²) in [7, 11) is 1.94. The molecule has 1 aliphatic rings. The third-order valence-corrected chi connectivity index (χ3v) is 4.10. The summed E-state index contributed by atoms with van der Waals surface area (Å²) < 4.78 is 4.97. The molecular weight excluding hydrogens is 308 g/mol. The molecular formula is C12H17BrN6. The molecule has 0 unspecified atom stereocenters. The van der Waals surface area contributed by atoms with Crippen molar-refractivity contribution in [3.05, 3.63) is 28.8 Å². The fraction of sp³-hybridized carbons (Fsp3) is 0.583. The van der Waals surface area contributed by atoms with Crippen molar-refractivity contribution in [1.82, 2.24) is 29.7 Å². The van der Waals surface area contributed by atoms with Gasteiger partial charge in [0.25, 0.3) is 0 Å². The number of aryl methyl sites for hydroxylation is 1. The number of likely N-dealkylation sites (tertiary alicyclic amines) is 1. The van der Waals surface area contributed by atoms with Crippen LogP contribution in [0.15, 0.2) is 23.1 Å². The molecule has 1 fully saturated rings. The molecule has 0 radical (unpaired) electrons. The van der Waals surface area contributed by atoms with Crippen molar-refractivity contribution < 1.29 is 0 Å². The number of rotatable bonds is 3. The molecule has 7 heteroatoms. The van der Waals surface area contributed by atoms with Gasteiger partial charge in [0.1, 0.15) is 0 Å². The summed E-state index contributed by atoms with van der Waals surface area (Å²) in [5, 5.41) is 12.3. The van der Waals surface area contributed by atoms with Gasteiger partial charge >= 0.3 is 0 Å². The van der Waals surface area contributed by atoms with Gasteiger partial charge in [-0.2, -0.15) is 5.10 Å². The van der Waals surface area contributed by atoms with Crippen LogP contribution in [0.2, 0.25) is 0 Å². The van der Waals surface area contributed by atoms with Crippen LogP contribution in [0.1, 0.15) is 24.6 Å². The Hall–Kier alpha value is -1.21. The molecule has 0 N–H and O–H groups in total. The number of nitrogens with zero attached hydrogens (tertiary/aromatic N) is 6. The fourth-order valence-corrected chi connectivity index (χ4v) is 2.84. The minimum Gasteiger partial charge on any atom is -0.297 e. The number of hydrogen-bond donors (Lipinski definition) is 0. The van der Waals surface area contributed by atoms with E-state index in [0.717, 1.165) is 36.9 Å². The van der Waals surface area contributed by atoms with Crippen LogP contribution in [0.4, 0.5) is 0 Å². The highest BCUT2D eigenvalue weighted by molar-refractivity contribution is 9.10. The average Bonchev–Trinajstić information content (AvgIpc) is 3.00. The predicted molar refractivity (Wildman–Crippen MR) is 74.5 cm³/mol. The van der Waals surface area contributed by atoms with E-state index in [1.54, 1.807) is 0 Å². The molecule has 1 saturated heterocycles. The van der Waals surface area contributed by atoms with Gasteiger partial charge in [-0.25, -0.2) is 0 Å². The summed E-state index contributed by atoms with van der Waals surface area (Å²) in [4.78, 5) is 2.45. The minimum absolute atomic E-state index is 0.521. The van der Waals surface area contributed by atoms with Gasteiger partial charge in [0, 0.05) is 32.9 Å². The van der Waals surface area contributed by atoms with E-state index in [0.29, 0.717) is 6.04 Å². The molecule has 0 amide bonds. The molecule has 19 heavy (non-hydrogen) atoms. The van der Waals surface area contributed by atoms with Gasteiger partial charge in [-0.1, -0.05) is 5.21 Å². The van der Waals surface area contributed by atoms with Gasteiger partial charge in [-0.05, 0) is 28.8 Å². The number of aromatic nitrogens is 5. The van der Waals surface area contributed by atoms with E-state index >= 15 is 0 Å². The Morgan fingerprint density at radius 1 is 1.32 bits per heavy atom. The van der Waals surface area contributed by atoms with E-state index in [1.165, 1.54) is 5.69 Å². The first kappa shape index (κ1) is 12.8. The Morgan fingerprint density at radius 2 is 2.11 bits per heavy atom. The van der Waals surface area contributed by atoms with Gasteiger partial charge < -0.3 is 0 Å². The summed E-state index contributed by atoms with van der Waals surface area (Å²) in [5.74, 6) is 0. The monoisotopic (exact) mass is 324 g/mol. The van der Waals surface area contributed by atoms with Gasteiger partial charge in [0.05, 0.1) is 28.6 Å². The van der Waals surface area contributed by atoms with Gasteiger partial charge in [0.15, 0.2) is 0 Å². The zero-order valence-corrected chi connectivity index (χ0v) is 12.5. The van der Waals surface area contributed by atoms with Crippen LogP contribution in [0, 0.1) is 0 Å². The van der Waals surface area contributed by atoms with E-state index < -0.39 is 0 Å². The quantitative estimate of drug-likeness (QED) is 0.860. The Morgan fingerprint density at radius 3 is 2.68 bits per heavy atom. The van der Waals surface area contributed by atoms with E-state index in [2.05, 4.69) is 47.1 Å². The number of piperidine rings is 1. The molecule has 0 bridgehead atoms. The first-order valence-corrected chi connectivity index (χ1v) is 7.27. The van der Waals surface area contributed by atoms with Gasteiger partial charge in [0.2, 0.25) is 0 Å². The maximum Gasteiger partial charge on any atom is 0.0738 e. The second-order valence-corrected chi connectivity index (χ2v) is 5.91. The van der Waals surface area contributed by atoms with Crippen molar-refractivity contribution in [2.75, 3.05) is 13.1 Å². The lowest BCUT2D eigenvalue weighted by Gasteiger charge is -2.31. The van der Waals surface area contributed by atoms with Gasteiger partial charge in [-0.15, -0.1) is 5.10 Å². The molecule has 102 valence electrons. The van der Waals surface area contributed by atoms with Crippen LogP contribution < -0.4 is 0 Å². The molecule has 2 aromatic rings. The molecule has 3 heterocycles. The van der Waals surface area contributed by atoms with E-state index in [9.17, 15) is 0 Å². The van der Waals surface area contributed by atoms with Crippen molar-refractivity contribution in [2.24, 2.45) is 7.05 Å². The Balaban J connectivity index is 1.56. The SMILES string of the molecule is Cn1nncc1CN1CCC(n2cc(Br)cn2)CC1. The lowest BCUT2D eigenvalue weighted by molar-refractivity contribution is 0.170. The van der Waals surface area contributed by atoms with Crippen LogP contribution in [-0.4, -0.2) is 42.8 Å². The Kier molecular flexibility index (Phi) is 3.65. The maximum absolute atomic E-state index is 4.38. The van der Waals surface area contributed by atoms with Crippen LogP contribution in [0.3, 0.4) is 0 Å². The number of hydrogen-bond acceptors (Lipinski definition) is 4. The van der Waals surface area contributed by atoms with Crippen LogP contribution in [0.5, 0.6) is 0 Å². The van der Waals surface area contributed by atoms with E-state index in [4.69, 9.17) is 0 Å². The maximum atomic E-state index is 4.38. The molecule has 2 aromatic heterocycles. The second kappa shape index (κ2) is 5.42. The Labute approximate surface area is 120 Å². The molecule has 0 saturated carbocycles. The van der Waals surface area contributed by atoms with Crippen molar-refractivity contribution >= 4 is 15.9 Å². The van der Waals surface area contributed by atoms with Crippen LogP contribution in [-0.2, 0) is 13.6 Å². The summed E-state index contributed by atoms with van der Waals surface area (Å²) in [5.41, 5.74) is 1.17. The van der Waals surface area contributed by atoms with E-state index in [1.807, 2.05) is 24.1 Å². The van der Waals surface area contributed by atoms with Crippen molar-refractivity contribution in [3.63, 3.8) is 0 Å². The largest absolute Gasteiger partial charge is 0.297 e. The van der Waals surface area contributed by atoms with E-state index in [-0.39, 0.29) is 0 Å². The molecule has 0 atom stereocenters. The first-order chi connectivity index (χ1) is 9.22. The van der Waals surface area contributed by atoms with Crippen molar-refractivity contribution in [2.45, 2.75) is 25.4 Å². The zero-order valence-electron chi connectivity index (χ0n) is 10.9. The highest BCUT2D eigenvalue weighted by atomic mass is 79.9. The molecule has 3 rings (SSSR count). The summed E-state index contributed by atoms with van der Waals surface area (Å²) in [6.07, 6.45) is 8.04. The minimum atomic E-state index is 0.521. The van der Waals surface area contributed by atoms with Gasteiger partial charge in [-0.3, -0.25) is 14.3 Å². The highest BCUT2D eigenvalue weighted by Gasteiger charge is 2.21. The zero-order chi connectivity index (χ0) is 13.2. The topological polar surface area (TPSA) is 51.8 Å². The fourth-order valence-electron chi connectivity index (χ4n) is 2.54. The van der Waals surface area contributed by atoms with Crippen molar-refractivity contribution in [3.8, 4) is 0 Å². The normalized spacial score (nSPS) is 18.0. The standard InChI is InChI=1S/C12H17BrN6/c1-17-12(7-14-16-17)9-18-4-2-11(3-5-18)19-8-10(13)6-15-19/h6-8,11H,2-5,9H2,1H3. The molecule has 0 aliphatic carbocycles. The lowest BCUT2D eigenvalue weighted by atomic mass is 10.1.